The molecule has 0 atom stereocenters. The molecule has 0 radical (unpaired) electrons. The fourth-order valence-corrected chi connectivity index (χ4v) is 6.34. The number of aromatic nitrogens is 3. The van der Waals surface area contributed by atoms with Crippen molar-refractivity contribution >= 4 is 44.1 Å². The van der Waals surface area contributed by atoms with Crippen LogP contribution in [-0.2, 0) is 9.84 Å². The van der Waals surface area contributed by atoms with E-state index in [0.29, 0.717) is 27.6 Å². The van der Waals surface area contributed by atoms with Crippen molar-refractivity contribution in [1.82, 2.24) is 14.5 Å². The summed E-state index contributed by atoms with van der Waals surface area (Å²) in [6, 6.07) is 6.71. The highest BCUT2D eigenvalue weighted by atomic mass is 35.5. The Balaban J connectivity index is 1.71. The molecule has 7 nitrogen and oxygen atoms in total. The van der Waals surface area contributed by atoms with Crippen molar-refractivity contribution in [3.05, 3.63) is 51.4 Å². The van der Waals surface area contributed by atoms with Crippen LogP contribution in [0.25, 0.3) is 11.0 Å². The lowest BCUT2D eigenvalue weighted by Crippen LogP contribution is -2.37. The third kappa shape index (κ3) is 4.22. The minimum Gasteiger partial charge on any atom is -0.324 e. The molecule has 1 aliphatic carbocycles. The lowest BCUT2D eigenvalue weighted by Gasteiger charge is -2.29. The van der Waals surface area contributed by atoms with Gasteiger partial charge in [-0.1, -0.05) is 38.3 Å². The molecule has 0 aliphatic heterocycles. The highest BCUT2D eigenvalue weighted by Crippen LogP contribution is 2.34. The van der Waals surface area contributed by atoms with Crippen LogP contribution in [0, 0.1) is 12.8 Å². The van der Waals surface area contributed by atoms with Crippen molar-refractivity contribution in [2.24, 2.45) is 5.92 Å². The molecule has 2 aromatic heterocycles. The third-order valence-electron chi connectivity index (χ3n) is 7.26. The van der Waals surface area contributed by atoms with Crippen LogP contribution in [0.5, 0.6) is 0 Å². The Bertz CT molecular complexity index is 1410. The number of pyridine rings is 1. The van der Waals surface area contributed by atoms with E-state index in [-0.39, 0.29) is 22.5 Å². The number of halogens is 1. The summed E-state index contributed by atoms with van der Waals surface area (Å²) in [4.78, 5) is 22.2. The summed E-state index contributed by atoms with van der Waals surface area (Å²) in [5.74, 6) is 0.301. The molecule has 1 aliphatic rings. The van der Waals surface area contributed by atoms with E-state index in [0.717, 1.165) is 31.2 Å². The molecule has 3 aromatic rings. The van der Waals surface area contributed by atoms with Gasteiger partial charge in [-0.2, -0.15) is 4.98 Å². The average molecular weight is 503 g/mol. The summed E-state index contributed by atoms with van der Waals surface area (Å²) in [6.45, 7) is 9.19. The first-order valence-corrected chi connectivity index (χ1v) is 13.5. The van der Waals surface area contributed by atoms with Gasteiger partial charge in [-0.3, -0.25) is 9.36 Å². The molecule has 1 N–H and O–H groups in total. The quantitative estimate of drug-likeness (QED) is 0.456. The SMILES string of the molecule is Cc1cc(S(=O)(=O)C(C)(C)C(C)C)ccc1Nc1ncc2cc(Cl)c(=O)n(C3CCCC3)c2n1. The number of rotatable bonds is 6. The van der Waals surface area contributed by atoms with Gasteiger partial charge in [-0.15, -0.1) is 0 Å². The van der Waals surface area contributed by atoms with E-state index >= 15 is 0 Å². The van der Waals surface area contributed by atoms with Crippen LogP contribution >= 0.6 is 11.6 Å². The standard InChI is InChI=1S/C25H31ClN4O3S/c1-15(2)25(4,5)34(32,33)19-10-11-21(16(3)12-19)28-24-27-14-17-13-20(26)23(31)30(22(17)29-24)18-8-6-7-9-18/h10-15,18H,6-9H2,1-5H3,(H,27,28,29). The molecule has 1 fully saturated rings. The number of anilines is 2. The molecule has 4 rings (SSSR count). The lowest BCUT2D eigenvalue weighted by molar-refractivity contribution is 0.454. The Hall–Kier alpha value is -2.45. The van der Waals surface area contributed by atoms with Crippen molar-refractivity contribution in [3.8, 4) is 0 Å². The van der Waals surface area contributed by atoms with Crippen molar-refractivity contribution in [2.45, 2.75) is 76.0 Å². The second-order valence-electron chi connectivity index (χ2n) is 9.94. The average Bonchev–Trinajstić information content (AvgIpc) is 3.30. The summed E-state index contributed by atoms with van der Waals surface area (Å²) in [6.07, 6.45) is 5.64. The van der Waals surface area contributed by atoms with E-state index in [1.807, 2.05) is 20.8 Å². The first-order valence-electron chi connectivity index (χ1n) is 11.6. The number of aryl methyl sites for hydroxylation is 1. The van der Waals surface area contributed by atoms with Crippen LogP contribution in [0.4, 0.5) is 11.6 Å². The Morgan fingerprint density at radius 3 is 2.47 bits per heavy atom. The fourth-order valence-electron chi connectivity index (χ4n) is 4.33. The molecule has 0 bridgehead atoms. The van der Waals surface area contributed by atoms with Crippen molar-refractivity contribution in [1.29, 1.82) is 0 Å². The Morgan fingerprint density at radius 1 is 1.18 bits per heavy atom. The number of nitrogens with one attached hydrogen (secondary N) is 1. The molecule has 182 valence electrons. The van der Waals surface area contributed by atoms with Crippen molar-refractivity contribution < 1.29 is 8.42 Å². The van der Waals surface area contributed by atoms with Crippen LogP contribution in [0.2, 0.25) is 5.02 Å². The van der Waals surface area contributed by atoms with Gasteiger partial charge in [-0.25, -0.2) is 13.4 Å². The lowest BCUT2D eigenvalue weighted by atomic mass is 10.00. The Morgan fingerprint density at radius 2 is 1.85 bits per heavy atom. The monoisotopic (exact) mass is 502 g/mol. The maximum atomic E-state index is 13.2. The van der Waals surface area contributed by atoms with Gasteiger partial charge >= 0.3 is 0 Å². The highest BCUT2D eigenvalue weighted by molar-refractivity contribution is 7.92. The molecule has 9 heteroatoms. The third-order valence-corrected chi connectivity index (χ3v) is 10.3. The molecule has 0 spiro atoms. The van der Waals surface area contributed by atoms with Crippen molar-refractivity contribution in [3.63, 3.8) is 0 Å². The first kappa shape index (κ1) is 24.7. The summed E-state index contributed by atoms with van der Waals surface area (Å²) in [5, 5.41) is 4.06. The zero-order valence-electron chi connectivity index (χ0n) is 20.2. The predicted molar refractivity (Wildman–Crippen MR) is 137 cm³/mol. The molecular weight excluding hydrogens is 472 g/mol. The summed E-state index contributed by atoms with van der Waals surface area (Å²) in [5.41, 5.74) is 1.77. The molecule has 0 saturated heterocycles. The van der Waals surface area contributed by atoms with Gasteiger partial charge in [0.25, 0.3) is 5.56 Å². The van der Waals surface area contributed by atoms with Gasteiger partial charge in [0, 0.05) is 23.3 Å². The van der Waals surface area contributed by atoms with Gasteiger partial charge in [0.1, 0.15) is 10.7 Å². The molecule has 0 amide bonds. The van der Waals surface area contributed by atoms with E-state index in [1.165, 1.54) is 0 Å². The van der Waals surface area contributed by atoms with E-state index in [2.05, 4.69) is 15.3 Å². The summed E-state index contributed by atoms with van der Waals surface area (Å²) >= 11 is 6.21. The Labute approximate surface area is 205 Å². The zero-order chi connectivity index (χ0) is 24.8. The number of hydrogen-bond acceptors (Lipinski definition) is 6. The smallest absolute Gasteiger partial charge is 0.271 e. The summed E-state index contributed by atoms with van der Waals surface area (Å²) in [7, 11) is -3.51. The first-order chi connectivity index (χ1) is 15.9. The van der Waals surface area contributed by atoms with Gasteiger partial charge < -0.3 is 5.32 Å². The normalized spacial score (nSPS) is 15.4. The molecular formula is C25H31ClN4O3S. The molecule has 0 unspecified atom stereocenters. The van der Waals surface area contributed by atoms with Gasteiger partial charge in [0.2, 0.25) is 5.95 Å². The van der Waals surface area contributed by atoms with E-state index in [1.54, 1.807) is 48.9 Å². The van der Waals surface area contributed by atoms with Gasteiger partial charge in [0.05, 0.1) is 9.64 Å². The maximum absolute atomic E-state index is 13.2. The van der Waals surface area contributed by atoms with Crippen LogP contribution < -0.4 is 10.9 Å². The number of nitrogens with zero attached hydrogens (tertiary/aromatic N) is 3. The molecule has 1 aromatic carbocycles. The number of hydrogen-bond donors (Lipinski definition) is 1. The fraction of sp³-hybridized carbons (Fsp3) is 0.480. The minimum atomic E-state index is -3.51. The van der Waals surface area contributed by atoms with Gasteiger partial charge in [0.15, 0.2) is 9.84 Å². The molecule has 1 saturated carbocycles. The van der Waals surface area contributed by atoms with Crippen LogP contribution in [0.3, 0.4) is 0 Å². The zero-order valence-corrected chi connectivity index (χ0v) is 21.8. The van der Waals surface area contributed by atoms with Crippen LogP contribution in [0.15, 0.2) is 40.2 Å². The maximum Gasteiger partial charge on any atom is 0.271 e. The molecule has 2 heterocycles. The van der Waals surface area contributed by atoms with E-state index in [9.17, 15) is 13.2 Å². The largest absolute Gasteiger partial charge is 0.324 e. The second-order valence-corrected chi connectivity index (χ2v) is 12.9. The van der Waals surface area contributed by atoms with Crippen LogP contribution in [-0.4, -0.2) is 27.7 Å². The summed E-state index contributed by atoms with van der Waals surface area (Å²) < 4.78 is 27.2. The second kappa shape index (κ2) is 8.96. The molecule has 34 heavy (non-hydrogen) atoms. The highest BCUT2D eigenvalue weighted by Gasteiger charge is 2.38. The van der Waals surface area contributed by atoms with Crippen molar-refractivity contribution in [2.75, 3.05) is 5.32 Å². The number of sulfone groups is 1. The number of fused-ring (bicyclic) bond motifs is 1. The predicted octanol–water partition coefficient (Wildman–Crippen LogP) is 5.82. The topological polar surface area (TPSA) is 94.0 Å². The minimum absolute atomic E-state index is 0.0346. The van der Waals surface area contributed by atoms with Crippen LogP contribution in [0.1, 0.15) is 65.0 Å². The Kier molecular flexibility index (Phi) is 6.50. The van der Waals surface area contributed by atoms with E-state index in [4.69, 9.17) is 11.6 Å². The number of benzene rings is 1. The van der Waals surface area contributed by atoms with Gasteiger partial charge in [-0.05, 0) is 69.4 Å². The van der Waals surface area contributed by atoms with E-state index < -0.39 is 14.6 Å².